The predicted octanol–water partition coefficient (Wildman–Crippen LogP) is 4.47. The van der Waals surface area contributed by atoms with Gasteiger partial charge in [0.25, 0.3) is 0 Å². The molecule has 0 atom stereocenters. The molecular formula is C18H13N3. The number of imidazole rings is 1. The number of hydrogen-bond acceptors (Lipinski definition) is 2. The molecule has 0 aliphatic rings. The van der Waals surface area contributed by atoms with Gasteiger partial charge in [0.1, 0.15) is 5.82 Å². The first-order valence-corrected chi connectivity index (χ1v) is 6.87. The summed E-state index contributed by atoms with van der Waals surface area (Å²) in [5.41, 5.74) is 2.93. The highest BCUT2D eigenvalue weighted by Crippen LogP contribution is 2.25. The van der Waals surface area contributed by atoms with Gasteiger partial charge < -0.3 is 4.98 Å². The van der Waals surface area contributed by atoms with Gasteiger partial charge in [-0.2, -0.15) is 0 Å². The molecule has 3 aromatic carbocycles. The SMILES string of the molecule is C(=N\c1cccc2ccccc12)/c1nc2ccccc2[nH]1. The van der Waals surface area contributed by atoms with Crippen molar-refractivity contribution >= 4 is 33.7 Å². The first-order chi connectivity index (χ1) is 10.4. The highest BCUT2D eigenvalue weighted by atomic mass is 14.9. The van der Waals surface area contributed by atoms with Gasteiger partial charge in [0.05, 0.1) is 22.9 Å². The fourth-order valence-electron chi connectivity index (χ4n) is 2.49. The Kier molecular flexibility index (Phi) is 2.75. The molecule has 0 saturated heterocycles. The lowest BCUT2D eigenvalue weighted by molar-refractivity contribution is 1.30. The third-order valence-electron chi connectivity index (χ3n) is 3.50. The molecule has 0 fully saturated rings. The van der Waals surface area contributed by atoms with Gasteiger partial charge in [-0.25, -0.2) is 4.98 Å². The van der Waals surface area contributed by atoms with Crippen LogP contribution in [0, 0.1) is 0 Å². The summed E-state index contributed by atoms with van der Waals surface area (Å²) in [5, 5.41) is 2.34. The number of aliphatic imine (C=N–C) groups is 1. The summed E-state index contributed by atoms with van der Waals surface area (Å²) < 4.78 is 0. The molecule has 0 saturated carbocycles. The molecule has 0 amide bonds. The first-order valence-electron chi connectivity index (χ1n) is 6.87. The van der Waals surface area contributed by atoms with Crippen LogP contribution in [0.5, 0.6) is 0 Å². The highest BCUT2D eigenvalue weighted by Gasteiger charge is 2.00. The van der Waals surface area contributed by atoms with E-state index in [1.165, 1.54) is 5.39 Å². The summed E-state index contributed by atoms with van der Waals surface area (Å²) >= 11 is 0. The van der Waals surface area contributed by atoms with Crippen LogP contribution in [-0.2, 0) is 0 Å². The third-order valence-corrected chi connectivity index (χ3v) is 3.50. The lowest BCUT2D eigenvalue weighted by Crippen LogP contribution is -1.83. The summed E-state index contributed by atoms with van der Waals surface area (Å²) in [6, 6.07) is 22.3. The van der Waals surface area contributed by atoms with E-state index in [1.54, 1.807) is 6.21 Å². The number of benzene rings is 3. The topological polar surface area (TPSA) is 41.0 Å². The van der Waals surface area contributed by atoms with E-state index in [0.29, 0.717) is 0 Å². The van der Waals surface area contributed by atoms with Crippen molar-refractivity contribution in [1.82, 2.24) is 9.97 Å². The molecule has 0 radical (unpaired) electrons. The second-order valence-corrected chi connectivity index (χ2v) is 4.90. The van der Waals surface area contributed by atoms with Crippen molar-refractivity contribution < 1.29 is 0 Å². The van der Waals surface area contributed by atoms with Gasteiger partial charge in [-0.3, -0.25) is 4.99 Å². The molecule has 0 spiro atoms. The van der Waals surface area contributed by atoms with Gasteiger partial charge in [0.2, 0.25) is 0 Å². The Morgan fingerprint density at radius 2 is 1.67 bits per heavy atom. The Morgan fingerprint density at radius 1 is 0.857 bits per heavy atom. The number of nitrogens with zero attached hydrogens (tertiary/aromatic N) is 2. The van der Waals surface area contributed by atoms with Crippen LogP contribution in [0.4, 0.5) is 5.69 Å². The number of fused-ring (bicyclic) bond motifs is 2. The zero-order valence-corrected chi connectivity index (χ0v) is 11.3. The summed E-state index contributed by atoms with van der Waals surface area (Å²) in [6.07, 6.45) is 1.78. The van der Waals surface area contributed by atoms with E-state index in [0.717, 1.165) is 27.9 Å². The van der Waals surface area contributed by atoms with Crippen LogP contribution in [0.15, 0.2) is 71.7 Å². The van der Waals surface area contributed by atoms with Crippen LogP contribution >= 0.6 is 0 Å². The lowest BCUT2D eigenvalue weighted by atomic mass is 10.1. The number of para-hydroxylation sites is 2. The maximum Gasteiger partial charge on any atom is 0.149 e. The first kappa shape index (κ1) is 11.9. The van der Waals surface area contributed by atoms with Crippen molar-refractivity contribution in [3.63, 3.8) is 0 Å². The molecule has 1 heterocycles. The molecule has 4 aromatic rings. The van der Waals surface area contributed by atoms with E-state index < -0.39 is 0 Å². The Morgan fingerprint density at radius 3 is 2.62 bits per heavy atom. The average molecular weight is 271 g/mol. The average Bonchev–Trinajstić information content (AvgIpc) is 2.96. The van der Waals surface area contributed by atoms with Crippen molar-refractivity contribution in [3.8, 4) is 0 Å². The van der Waals surface area contributed by atoms with Crippen LogP contribution in [-0.4, -0.2) is 16.2 Å². The van der Waals surface area contributed by atoms with Crippen LogP contribution in [0.1, 0.15) is 5.82 Å². The molecule has 100 valence electrons. The molecule has 0 aliphatic heterocycles. The maximum atomic E-state index is 4.58. The van der Waals surface area contributed by atoms with E-state index in [4.69, 9.17) is 0 Å². The molecule has 21 heavy (non-hydrogen) atoms. The minimum absolute atomic E-state index is 0.768. The normalized spacial score (nSPS) is 11.6. The predicted molar refractivity (Wildman–Crippen MR) is 87.3 cm³/mol. The summed E-state index contributed by atoms with van der Waals surface area (Å²) in [5.74, 6) is 0.768. The van der Waals surface area contributed by atoms with Crippen LogP contribution in [0.2, 0.25) is 0 Å². The largest absolute Gasteiger partial charge is 0.337 e. The Balaban J connectivity index is 1.76. The summed E-state index contributed by atoms with van der Waals surface area (Å²) in [6.45, 7) is 0. The standard InChI is InChI=1S/C18H13N3/c1-2-8-14-13(6-1)7-5-11-15(14)19-12-18-20-16-9-3-4-10-17(16)21-18/h1-12H,(H,20,21)/b19-12+. The van der Waals surface area contributed by atoms with Gasteiger partial charge in [-0.15, -0.1) is 0 Å². The van der Waals surface area contributed by atoms with Crippen molar-refractivity contribution in [2.75, 3.05) is 0 Å². The fraction of sp³-hybridized carbons (Fsp3) is 0. The van der Waals surface area contributed by atoms with E-state index >= 15 is 0 Å². The number of aromatic nitrogens is 2. The lowest BCUT2D eigenvalue weighted by Gasteiger charge is -2.00. The minimum atomic E-state index is 0.768. The summed E-state index contributed by atoms with van der Waals surface area (Å²) in [4.78, 5) is 12.3. The van der Waals surface area contributed by atoms with Crippen molar-refractivity contribution in [3.05, 3.63) is 72.6 Å². The van der Waals surface area contributed by atoms with Gasteiger partial charge in [0.15, 0.2) is 0 Å². The Labute approximate surface area is 122 Å². The zero-order chi connectivity index (χ0) is 14.1. The second kappa shape index (κ2) is 4.87. The minimum Gasteiger partial charge on any atom is -0.337 e. The molecule has 3 heteroatoms. The van der Waals surface area contributed by atoms with E-state index in [9.17, 15) is 0 Å². The highest BCUT2D eigenvalue weighted by molar-refractivity contribution is 5.95. The zero-order valence-electron chi connectivity index (χ0n) is 11.3. The van der Waals surface area contributed by atoms with Crippen molar-refractivity contribution in [1.29, 1.82) is 0 Å². The second-order valence-electron chi connectivity index (χ2n) is 4.90. The molecule has 1 aromatic heterocycles. The van der Waals surface area contributed by atoms with Crippen LogP contribution in [0.3, 0.4) is 0 Å². The number of hydrogen-bond donors (Lipinski definition) is 1. The summed E-state index contributed by atoms with van der Waals surface area (Å²) in [7, 11) is 0. The maximum absolute atomic E-state index is 4.58. The van der Waals surface area contributed by atoms with Gasteiger partial charge >= 0.3 is 0 Å². The quantitative estimate of drug-likeness (QED) is 0.537. The monoisotopic (exact) mass is 271 g/mol. The fourth-order valence-corrected chi connectivity index (χ4v) is 2.49. The van der Waals surface area contributed by atoms with Gasteiger partial charge in [-0.1, -0.05) is 48.5 Å². The molecule has 1 N–H and O–H groups in total. The van der Waals surface area contributed by atoms with Gasteiger partial charge in [-0.05, 0) is 23.6 Å². The van der Waals surface area contributed by atoms with E-state index in [-0.39, 0.29) is 0 Å². The molecule has 4 rings (SSSR count). The number of rotatable bonds is 2. The number of nitrogens with one attached hydrogen (secondary N) is 1. The van der Waals surface area contributed by atoms with E-state index in [1.807, 2.05) is 48.5 Å². The molecular weight excluding hydrogens is 258 g/mol. The van der Waals surface area contributed by atoms with Crippen molar-refractivity contribution in [2.24, 2.45) is 4.99 Å². The molecule has 0 bridgehead atoms. The number of H-pyrrole nitrogens is 1. The van der Waals surface area contributed by atoms with E-state index in [2.05, 4.69) is 33.2 Å². The smallest absolute Gasteiger partial charge is 0.149 e. The molecule has 3 nitrogen and oxygen atoms in total. The van der Waals surface area contributed by atoms with Crippen LogP contribution < -0.4 is 0 Å². The van der Waals surface area contributed by atoms with Crippen LogP contribution in [0.25, 0.3) is 21.8 Å². The molecule has 0 aliphatic carbocycles. The van der Waals surface area contributed by atoms with Crippen molar-refractivity contribution in [2.45, 2.75) is 0 Å². The number of aromatic amines is 1. The Hall–Kier alpha value is -2.94. The molecule has 0 unspecified atom stereocenters. The Bertz CT molecular complexity index is 912. The third kappa shape index (κ3) is 2.19. The van der Waals surface area contributed by atoms with Gasteiger partial charge in [0, 0.05) is 5.39 Å².